The summed E-state index contributed by atoms with van der Waals surface area (Å²) in [7, 11) is -3.33. The van der Waals surface area contributed by atoms with E-state index in [1.165, 1.54) is 12.1 Å². The molecule has 0 unspecified atom stereocenters. The van der Waals surface area contributed by atoms with Gasteiger partial charge in [-0.3, -0.25) is 9.88 Å². The lowest BCUT2D eigenvalue weighted by molar-refractivity contribution is 0.325. The molecule has 2 aliphatic heterocycles. The molecule has 1 aromatic heterocycles. The Hall–Kier alpha value is -2.57. The molecular weight excluding hydrogens is 375 g/mol. The van der Waals surface area contributed by atoms with E-state index in [0.717, 1.165) is 28.8 Å². The average Bonchev–Trinajstić information content (AvgIpc) is 3.21. The number of benzene rings is 2. The lowest BCUT2D eigenvalue weighted by Gasteiger charge is -2.17. The second-order valence-corrected chi connectivity index (χ2v) is 9.63. The van der Waals surface area contributed by atoms with Crippen LogP contribution in [0.1, 0.15) is 17.0 Å². The highest BCUT2D eigenvalue weighted by Crippen LogP contribution is 2.46. The van der Waals surface area contributed by atoms with E-state index >= 15 is 0 Å². The summed E-state index contributed by atoms with van der Waals surface area (Å²) in [6.45, 7) is 1.97. The maximum Gasteiger partial charge on any atom is 0.183 e. The number of fused-ring (bicyclic) bond motifs is 3. The molecule has 0 spiro atoms. The summed E-state index contributed by atoms with van der Waals surface area (Å²) in [5.74, 6) is -0.308. The minimum atomic E-state index is -3.33. The van der Waals surface area contributed by atoms with Gasteiger partial charge in [0.05, 0.1) is 10.1 Å². The molecule has 5 rings (SSSR count). The first-order valence-corrected chi connectivity index (χ1v) is 10.8. The van der Waals surface area contributed by atoms with Gasteiger partial charge in [0.15, 0.2) is 9.84 Å². The zero-order valence-electron chi connectivity index (χ0n) is 15.1. The Labute approximate surface area is 163 Å². The topological polar surface area (TPSA) is 50.3 Å². The molecule has 3 heterocycles. The zero-order chi connectivity index (χ0) is 19.3. The van der Waals surface area contributed by atoms with Gasteiger partial charge in [-0.15, -0.1) is 0 Å². The van der Waals surface area contributed by atoms with E-state index in [0.29, 0.717) is 18.0 Å². The van der Waals surface area contributed by atoms with Crippen molar-refractivity contribution in [3.8, 4) is 11.1 Å². The van der Waals surface area contributed by atoms with Gasteiger partial charge >= 0.3 is 0 Å². The molecule has 1 saturated heterocycles. The molecule has 4 nitrogen and oxygen atoms in total. The smallest absolute Gasteiger partial charge is 0.183 e. The predicted molar refractivity (Wildman–Crippen MR) is 105 cm³/mol. The van der Waals surface area contributed by atoms with Gasteiger partial charge in [0.1, 0.15) is 5.82 Å². The monoisotopic (exact) mass is 394 g/mol. The van der Waals surface area contributed by atoms with Crippen LogP contribution in [0.2, 0.25) is 0 Å². The molecule has 0 bridgehead atoms. The molecule has 2 atom stereocenters. The lowest BCUT2D eigenvalue weighted by atomic mass is 9.94. The zero-order valence-corrected chi connectivity index (χ0v) is 15.9. The number of hydrogen-bond acceptors (Lipinski definition) is 4. The molecule has 0 saturated carbocycles. The third kappa shape index (κ3) is 2.84. The number of aromatic nitrogens is 1. The molecule has 0 amide bonds. The third-order valence-electron chi connectivity index (χ3n) is 5.79. The van der Waals surface area contributed by atoms with Crippen molar-refractivity contribution >= 4 is 9.84 Å². The first-order chi connectivity index (χ1) is 13.5. The summed E-state index contributed by atoms with van der Waals surface area (Å²) in [6.07, 6.45) is 3.51. The molecule has 3 aromatic rings. The summed E-state index contributed by atoms with van der Waals surface area (Å²) in [4.78, 5) is 6.70. The molecule has 142 valence electrons. The molecular formula is C22H19FN2O2S. The van der Waals surface area contributed by atoms with Crippen LogP contribution in [0.15, 0.2) is 71.9 Å². The van der Waals surface area contributed by atoms with Gasteiger partial charge in [0, 0.05) is 37.9 Å². The molecule has 6 heteroatoms. The van der Waals surface area contributed by atoms with Crippen molar-refractivity contribution in [1.82, 2.24) is 9.88 Å². The minimum Gasteiger partial charge on any atom is -0.297 e. The van der Waals surface area contributed by atoms with Gasteiger partial charge in [-0.25, -0.2) is 12.8 Å². The highest BCUT2D eigenvalue weighted by atomic mass is 32.2. The summed E-state index contributed by atoms with van der Waals surface area (Å²) < 4.78 is 39.4. The predicted octanol–water partition coefficient (Wildman–Crippen LogP) is 3.64. The number of hydrogen-bond donors (Lipinski definition) is 0. The van der Waals surface area contributed by atoms with Gasteiger partial charge in [-0.1, -0.05) is 18.2 Å². The van der Waals surface area contributed by atoms with Crippen LogP contribution in [0, 0.1) is 5.82 Å². The molecule has 2 aromatic carbocycles. The SMILES string of the molecule is O=S1(=O)c2ccc(-c3ccc(F)cc3)cc2[C@H]2CN(Cc3ccncc3)C[C@H]21. The summed E-state index contributed by atoms with van der Waals surface area (Å²) in [5, 5.41) is -0.396. The van der Waals surface area contributed by atoms with Crippen LogP contribution in [0.4, 0.5) is 4.39 Å². The Morgan fingerprint density at radius 3 is 2.43 bits per heavy atom. The average molecular weight is 394 g/mol. The van der Waals surface area contributed by atoms with E-state index < -0.39 is 15.1 Å². The van der Waals surface area contributed by atoms with E-state index in [4.69, 9.17) is 0 Å². The van der Waals surface area contributed by atoms with Gasteiger partial charge in [0.25, 0.3) is 0 Å². The van der Waals surface area contributed by atoms with E-state index in [-0.39, 0.29) is 11.7 Å². The Balaban J connectivity index is 1.48. The van der Waals surface area contributed by atoms with Crippen LogP contribution in [0.5, 0.6) is 0 Å². The standard InChI is InChI=1S/C22H19FN2O2S/c23-18-4-1-16(2-5-18)17-3-6-21-19(11-17)20-13-25(14-22(20)28(21,26)27)12-15-7-9-24-10-8-15/h1-11,20,22H,12-14H2/t20-,22-/m1/s1. The van der Waals surface area contributed by atoms with Crippen LogP contribution in [0.3, 0.4) is 0 Å². The molecule has 0 radical (unpaired) electrons. The fraction of sp³-hybridized carbons (Fsp3) is 0.227. The minimum absolute atomic E-state index is 0.0257. The third-order valence-corrected chi connectivity index (χ3v) is 8.05. The maximum atomic E-state index is 13.2. The molecule has 0 N–H and O–H groups in total. The van der Waals surface area contributed by atoms with Crippen molar-refractivity contribution in [3.05, 3.63) is 83.9 Å². The fourth-order valence-electron chi connectivity index (χ4n) is 4.42. The summed E-state index contributed by atoms with van der Waals surface area (Å²) in [5.41, 5.74) is 3.83. The van der Waals surface area contributed by atoms with Crippen molar-refractivity contribution in [1.29, 1.82) is 0 Å². The number of sulfone groups is 1. The van der Waals surface area contributed by atoms with Crippen molar-refractivity contribution in [2.75, 3.05) is 13.1 Å². The summed E-state index contributed by atoms with van der Waals surface area (Å²) >= 11 is 0. The van der Waals surface area contributed by atoms with Gasteiger partial charge < -0.3 is 0 Å². The molecule has 2 aliphatic rings. The van der Waals surface area contributed by atoms with E-state index in [9.17, 15) is 12.8 Å². The number of pyridine rings is 1. The van der Waals surface area contributed by atoms with E-state index in [2.05, 4.69) is 9.88 Å². The first kappa shape index (κ1) is 17.5. The molecule has 28 heavy (non-hydrogen) atoms. The second kappa shape index (κ2) is 6.50. The quantitative estimate of drug-likeness (QED) is 0.681. The number of halogens is 1. The van der Waals surface area contributed by atoms with Crippen LogP contribution in [0.25, 0.3) is 11.1 Å². The Morgan fingerprint density at radius 2 is 1.68 bits per heavy atom. The fourth-order valence-corrected chi connectivity index (χ4v) is 6.62. The maximum absolute atomic E-state index is 13.2. The molecule has 1 fully saturated rings. The molecule has 0 aliphatic carbocycles. The van der Waals surface area contributed by atoms with Crippen molar-refractivity contribution in [2.24, 2.45) is 0 Å². The van der Waals surface area contributed by atoms with Crippen LogP contribution in [-0.2, 0) is 16.4 Å². The highest BCUT2D eigenvalue weighted by Gasteiger charge is 2.50. The number of nitrogens with zero attached hydrogens (tertiary/aromatic N) is 2. The van der Waals surface area contributed by atoms with Crippen molar-refractivity contribution in [3.63, 3.8) is 0 Å². The van der Waals surface area contributed by atoms with Crippen LogP contribution < -0.4 is 0 Å². The van der Waals surface area contributed by atoms with Crippen LogP contribution >= 0.6 is 0 Å². The highest BCUT2D eigenvalue weighted by molar-refractivity contribution is 7.92. The van der Waals surface area contributed by atoms with Gasteiger partial charge in [-0.05, 0) is 58.7 Å². The first-order valence-electron chi connectivity index (χ1n) is 9.27. The largest absolute Gasteiger partial charge is 0.297 e. The Bertz CT molecular complexity index is 1130. The second-order valence-electron chi connectivity index (χ2n) is 7.50. The Morgan fingerprint density at radius 1 is 0.964 bits per heavy atom. The van der Waals surface area contributed by atoms with E-state index in [1.54, 1.807) is 30.6 Å². The number of rotatable bonds is 3. The van der Waals surface area contributed by atoms with E-state index in [1.807, 2.05) is 24.3 Å². The van der Waals surface area contributed by atoms with Gasteiger partial charge in [0.2, 0.25) is 0 Å². The van der Waals surface area contributed by atoms with Crippen molar-refractivity contribution < 1.29 is 12.8 Å². The number of likely N-dealkylation sites (tertiary alicyclic amines) is 1. The van der Waals surface area contributed by atoms with Crippen LogP contribution in [-0.4, -0.2) is 36.6 Å². The normalized spacial score (nSPS) is 22.8. The van der Waals surface area contributed by atoms with Gasteiger partial charge in [-0.2, -0.15) is 0 Å². The lowest BCUT2D eigenvalue weighted by Crippen LogP contribution is -2.25. The Kier molecular flexibility index (Phi) is 4.07. The van der Waals surface area contributed by atoms with Crippen molar-refractivity contribution in [2.45, 2.75) is 22.6 Å². The summed E-state index contributed by atoms with van der Waals surface area (Å²) in [6, 6.07) is 15.7.